The summed E-state index contributed by atoms with van der Waals surface area (Å²) in [4.78, 5) is 26.5. The van der Waals surface area contributed by atoms with Crippen molar-refractivity contribution < 1.29 is 9.59 Å². The molecule has 2 fully saturated rings. The fourth-order valence-corrected chi connectivity index (χ4v) is 3.50. The second kappa shape index (κ2) is 4.62. The molecule has 106 valence electrons. The number of nitrogens with two attached hydrogens (primary N) is 1. The van der Waals surface area contributed by atoms with Crippen molar-refractivity contribution in [2.75, 3.05) is 10.6 Å². The Kier molecular flexibility index (Phi) is 3.04. The predicted octanol–water partition coefficient (Wildman–Crippen LogP) is 2.79. The third-order valence-electron chi connectivity index (χ3n) is 4.63. The molecule has 0 atom stereocenters. The van der Waals surface area contributed by atoms with E-state index in [-0.39, 0.29) is 11.8 Å². The van der Waals surface area contributed by atoms with E-state index < -0.39 is 5.41 Å². The summed E-state index contributed by atoms with van der Waals surface area (Å²) in [6.45, 7) is 1.93. The average molecular weight is 272 g/mol. The Bertz CT molecular complexity index is 574. The van der Waals surface area contributed by atoms with Crippen molar-refractivity contribution >= 4 is 23.2 Å². The second-order valence-electron chi connectivity index (χ2n) is 6.11. The lowest BCUT2D eigenvalue weighted by Crippen LogP contribution is -2.37. The van der Waals surface area contributed by atoms with E-state index in [9.17, 15) is 9.59 Å². The number of hydrogen-bond donors (Lipinski definition) is 1. The van der Waals surface area contributed by atoms with Gasteiger partial charge in [-0.3, -0.25) is 9.59 Å². The molecule has 0 bridgehead atoms. The number of aryl methyl sites for hydroxylation is 1. The molecule has 4 nitrogen and oxygen atoms in total. The molecule has 1 aromatic carbocycles. The minimum atomic E-state index is -0.453. The molecular weight excluding hydrogens is 252 g/mol. The number of anilines is 2. The van der Waals surface area contributed by atoms with Gasteiger partial charge < -0.3 is 5.73 Å². The number of nitrogens with zero attached hydrogens (tertiary/aromatic N) is 1. The highest BCUT2D eigenvalue weighted by molar-refractivity contribution is 6.23. The molecule has 1 aliphatic heterocycles. The lowest BCUT2D eigenvalue weighted by Gasteiger charge is -2.30. The van der Waals surface area contributed by atoms with E-state index in [0.29, 0.717) is 17.8 Å². The van der Waals surface area contributed by atoms with Gasteiger partial charge in [0.25, 0.3) is 0 Å². The maximum absolute atomic E-state index is 12.8. The van der Waals surface area contributed by atoms with Crippen LogP contribution in [0.25, 0.3) is 0 Å². The number of carbonyl (C=O) groups is 2. The molecule has 2 N–H and O–H groups in total. The van der Waals surface area contributed by atoms with Gasteiger partial charge in [0.2, 0.25) is 11.8 Å². The first-order valence-corrected chi connectivity index (χ1v) is 7.27. The highest BCUT2D eigenvalue weighted by Gasteiger charge is 2.52. The second-order valence-corrected chi connectivity index (χ2v) is 6.11. The van der Waals surface area contributed by atoms with Crippen LogP contribution in [0, 0.1) is 12.3 Å². The lowest BCUT2D eigenvalue weighted by molar-refractivity contribution is -0.127. The summed E-state index contributed by atoms with van der Waals surface area (Å²) >= 11 is 0. The molecule has 1 saturated heterocycles. The Labute approximate surface area is 118 Å². The van der Waals surface area contributed by atoms with Crippen LogP contribution in [0.4, 0.5) is 11.4 Å². The van der Waals surface area contributed by atoms with E-state index in [1.54, 1.807) is 6.07 Å². The van der Waals surface area contributed by atoms with Gasteiger partial charge in [-0.15, -0.1) is 0 Å². The molecule has 1 spiro atoms. The summed E-state index contributed by atoms with van der Waals surface area (Å²) in [7, 11) is 0. The number of benzene rings is 1. The molecule has 0 aromatic heterocycles. The molecule has 1 aromatic rings. The van der Waals surface area contributed by atoms with Crippen molar-refractivity contribution in [2.45, 2.75) is 45.4 Å². The maximum Gasteiger partial charge on any atom is 0.240 e. The molecule has 2 aliphatic rings. The standard InChI is InChI=1S/C16H20N2O2/c1-11-5-6-12(17)13(9-11)18-14(19)10-16(15(18)20)7-3-2-4-8-16/h5-6,9H,2-4,7-8,10,17H2,1H3. The van der Waals surface area contributed by atoms with Gasteiger partial charge in [0.15, 0.2) is 0 Å². The quantitative estimate of drug-likeness (QED) is 0.631. The van der Waals surface area contributed by atoms with Crippen molar-refractivity contribution in [1.29, 1.82) is 0 Å². The van der Waals surface area contributed by atoms with Crippen molar-refractivity contribution in [2.24, 2.45) is 5.41 Å². The van der Waals surface area contributed by atoms with E-state index >= 15 is 0 Å². The van der Waals surface area contributed by atoms with Gasteiger partial charge in [-0.2, -0.15) is 0 Å². The first-order chi connectivity index (χ1) is 9.53. The third-order valence-corrected chi connectivity index (χ3v) is 4.63. The molecule has 4 heteroatoms. The SMILES string of the molecule is Cc1ccc(N)c(N2C(=O)CC3(CCCCC3)C2=O)c1. The van der Waals surface area contributed by atoms with Crippen LogP contribution < -0.4 is 10.6 Å². The molecule has 1 heterocycles. The predicted molar refractivity (Wildman–Crippen MR) is 78.2 cm³/mol. The topological polar surface area (TPSA) is 63.4 Å². The first-order valence-electron chi connectivity index (χ1n) is 7.27. The summed E-state index contributed by atoms with van der Waals surface area (Å²) in [6.07, 6.45) is 5.25. The first kappa shape index (κ1) is 13.2. The van der Waals surface area contributed by atoms with Gasteiger partial charge in [0, 0.05) is 6.42 Å². The average Bonchev–Trinajstić information content (AvgIpc) is 2.65. The number of hydrogen-bond acceptors (Lipinski definition) is 3. The van der Waals surface area contributed by atoms with E-state index in [2.05, 4.69) is 0 Å². The van der Waals surface area contributed by atoms with Crippen molar-refractivity contribution in [3.05, 3.63) is 23.8 Å². The molecule has 0 unspecified atom stereocenters. The van der Waals surface area contributed by atoms with Crippen LogP contribution in [-0.4, -0.2) is 11.8 Å². The van der Waals surface area contributed by atoms with Gasteiger partial charge in [0.05, 0.1) is 16.8 Å². The maximum atomic E-state index is 12.8. The highest BCUT2D eigenvalue weighted by atomic mass is 16.2. The zero-order valence-electron chi connectivity index (χ0n) is 11.8. The number of carbonyl (C=O) groups excluding carboxylic acids is 2. The minimum Gasteiger partial charge on any atom is -0.397 e. The van der Waals surface area contributed by atoms with Gasteiger partial charge in [-0.25, -0.2) is 4.90 Å². The van der Waals surface area contributed by atoms with E-state index in [1.807, 2.05) is 19.1 Å². The Morgan fingerprint density at radius 2 is 1.85 bits per heavy atom. The van der Waals surface area contributed by atoms with Crippen LogP contribution >= 0.6 is 0 Å². The Hall–Kier alpha value is -1.84. The third kappa shape index (κ3) is 1.90. The summed E-state index contributed by atoms with van der Waals surface area (Å²) in [5.74, 6) is -0.145. The molecule has 1 saturated carbocycles. The van der Waals surface area contributed by atoms with Crippen LogP contribution in [-0.2, 0) is 9.59 Å². The molecular formula is C16H20N2O2. The van der Waals surface area contributed by atoms with E-state index in [0.717, 1.165) is 37.7 Å². The fourth-order valence-electron chi connectivity index (χ4n) is 3.50. The van der Waals surface area contributed by atoms with Crippen LogP contribution in [0.3, 0.4) is 0 Å². The highest BCUT2D eigenvalue weighted by Crippen LogP contribution is 2.47. The molecule has 20 heavy (non-hydrogen) atoms. The zero-order valence-corrected chi connectivity index (χ0v) is 11.8. The Balaban J connectivity index is 2.00. The van der Waals surface area contributed by atoms with Gasteiger partial charge in [-0.05, 0) is 37.5 Å². The largest absolute Gasteiger partial charge is 0.397 e. The monoisotopic (exact) mass is 272 g/mol. The van der Waals surface area contributed by atoms with Gasteiger partial charge in [0.1, 0.15) is 0 Å². The van der Waals surface area contributed by atoms with Crippen molar-refractivity contribution in [1.82, 2.24) is 0 Å². The minimum absolute atomic E-state index is 0.0421. The normalized spacial score (nSPS) is 21.8. The molecule has 0 radical (unpaired) electrons. The van der Waals surface area contributed by atoms with Crippen molar-refractivity contribution in [3.63, 3.8) is 0 Å². The Morgan fingerprint density at radius 3 is 2.55 bits per heavy atom. The number of nitrogen functional groups attached to an aromatic ring is 1. The van der Waals surface area contributed by atoms with Gasteiger partial charge in [-0.1, -0.05) is 25.3 Å². The molecule has 3 rings (SSSR count). The van der Waals surface area contributed by atoms with E-state index in [1.165, 1.54) is 4.90 Å². The van der Waals surface area contributed by atoms with E-state index in [4.69, 9.17) is 5.73 Å². The molecule has 1 aliphatic carbocycles. The van der Waals surface area contributed by atoms with Crippen LogP contribution in [0.5, 0.6) is 0 Å². The molecule has 2 amide bonds. The summed E-state index contributed by atoms with van der Waals surface area (Å²) in [6, 6.07) is 5.48. The van der Waals surface area contributed by atoms with Crippen LogP contribution in [0.2, 0.25) is 0 Å². The number of amides is 2. The summed E-state index contributed by atoms with van der Waals surface area (Å²) < 4.78 is 0. The van der Waals surface area contributed by atoms with Crippen molar-refractivity contribution in [3.8, 4) is 0 Å². The van der Waals surface area contributed by atoms with Crippen LogP contribution in [0.1, 0.15) is 44.1 Å². The smallest absolute Gasteiger partial charge is 0.240 e. The summed E-state index contributed by atoms with van der Waals surface area (Å²) in [5, 5.41) is 0. The zero-order chi connectivity index (χ0) is 14.3. The number of rotatable bonds is 1. The van der Waals surface area contributed by atoms with Crippen LogP contribution in [0.15, 0.2) is 18.2 Å². The lowest BCUT2D eigenvalue weighted by atomic mass is 9.73. The fraction of sp³-hybridized carbons (Fsp3) is 0.500. The van der Waals surface area contributed by atoms with Gasteiger partial charge >= 0.3 is 0 Å². The number of imide groups is 1. The summed E-state index contributed by atoms with van der Waals surface area (Å²) in [5.41, 5.74) is 7.56. The Morgan fingerprint density at radius 1 is 1.15 bits per heavy atom.